The summed E-state index contributed by atoms with van der Waals surface area (Å²) >= 11 is 0. The number of nitrogens with zero attached hydrogens (tertiary/aromatic N) is 1. The van der Waals surface area contributed by atoms with Gasteiger partial charge in [0.25, 0.3) is 0 Å². The average molecular weight is 444 g/mol. The van der Waals surface area contributed by atoms with Gasteiger partial charge in [0.15, 0.2) is 11.5 Å². The molecule has 1 atom stereocenters. The topological polar surface area (TPSA) is 97.0 Å². The van der Waals surface area contributed by atoms with Crippen molar-refractivity contribution in [2.75, 3.05) is 31.6 Å². The van der Waals surface area contributed by atoms with Crippen LogP contribution in [0.3, 0.4) is 0 Å². The van der Waals surface area contributed by atoms with Gasteiger partial charge in [0.2, 0.25) is 15.9 Å². The van der Waals surface area contributed by atoms with Crippen molar-refractivity contribution in [3.05, 3.63) is 48.0 Å². The Labute approximate surface area is 181 Å². The van der Waals surface area contributed by atoms with Gasteiger partial charge in [-0.1, -0.05) is 18.2 Å². The molecule has 2 aromatic carbocycles. The lowest BCUT2D eigenvalue weighted by molar-refractivity contribution is -0.131. The molecule has 0 radical (unpaired) electrons. The van der Waals surface area contributed by atoms with Crippen LogP contribution >= 0.6 is 0 Å². The smallest absolute Gasteiger partial charge is 0.244 e. The number of para-hydroxylation sites is 1. The second-order valence-corrected chi connectivity index (χ2v) is 9.79. The number of amides is 1. The molecule has 9 heteroatoms. The van der Waals surface area contributed by atoms with Gasteiger partial charge in [0.1, 0.15) is 18.1 Å². The molecule has 3 heterocycles. The number of piperidine rings is 1. The Morgan fingerprint density at radius 2 is 1.77 bits per heavy atom. The van der Waals surface area contributed by atoms with Crippen molar-refractivity contribution in [3.8, 4) is 11.5 Å². The van der Waals surface area contributed by atoms with E-state index in [-0.39, 0.29) is 22.9 Å². The standard InChI is InChI=1S/C22H25N3O5S/c26-21(14-15-5-6-18-19(13-15)30-12-11-29-18)25-9-7-16(8-10-25)22-23-17-3-1-2-4-20(17)31(27,28)24-22/h1-6,13,16,22-24H,7-12,14H2. The number of fused-ring (bicyclic) bond motifs is 2. The van der Waals surface area contributed by atoms with Crippen LogP contribution in [-0.2, 0) is 21.2 Å². The lowest BCUT2D eigenvalue weighted by Crippen LogP contribution is -2.52. The largest absolute Gasteiger partial charge is 0.486 e. The van der Waals surface area contributed by atoms with Crippen LogP contribution in [0.25, 0.3) is 0 Å². The summed E-state index contributed by atoms with van der Waals surface area (Å²) in [6.45, 7) is 2.27. The maximum absolute atomic E-state index is 12.8. The average Bonchev–Trinajstić information content (AvgIpc) is 2.78. The van der Waals surface area contributed by atoms with Crippen molar-refractivity contribution in [2.24, 2.45) is 5.92 Å². The summed E-state index contributed by atoms with van der Waals surface area (Å²) < 4.78 is 39.0. The van der Waals surface area contributed by atoms with Crippen molar-refractivity contribution in [3.63, 3.8) is 0 Å². The van der Waals surface area contributed by atoms with Gasteiger partial charge in [-0.2, -0.15) is 4.72 Å². The van der Waals surface area contributed by atoms with E-state index >= 15 is 0 Å². The number of likely N-dealkylation sites (tertiary alicyclic amines) is 1. The molecule has 1 fully saturated rings. The summed E-state index contributed by atoms with van der Waals surface area (Å²) in [6, 6.07) is 12.5. The number of anilines is 1. The zero-order chi connectivity index (χ0) is 21.4. The zero-order valence-electron chi connectivity index (χ0n) is 17.0. The molecule has 5 rings (SSSR count). The second-order valence-electron chi connectivity index (χ2n) is 8.11. The number of benzene rings is 2. The van der Waals surface area contributed by atoms with Crippen LogP contribution in [0.2, 0.25) is 0 Å². The number of sulfonamides is 1. The third kappa shape index (κ3) is 4.07. The van der Waals surface area contributed by atoms with Crippen LogP contribution in [0, 0.1) is 5.92 Å². The molecule has 2 N–H and O–H groups in total. The van der Waals surface area contributed by atoms with Crippen LogP contribution in [-0.4, -0.2) is 51.7 Å². The van der Waals surface area contributed by atoms with E-state index in [1.165, 1.54) is 0 Å². The van der Waals surface area contributed by atoms with E-state index < -0.39 is 10.0 Å². The minimum absolute atomic E-state index is 0.0673. The predicted molar refractivity (Wildman–Crippen MR) is 115 cm³/mol. The number of carbonyl (C=O) groups excluding carboxylic acids is 1. The highest BCUT2D eigenvalue weighted by atomic mass is 32.2. The SMILES string of the molecule is O=C(Cc1ccc2c(c1)OCCO2)N1CCC(C2Nc3ccccc3S(=O)(=O)N2)CC1. The third-order valence-electron chi connectivity index (χ3n) is 6.10. The molecule has 1 unspecified atom stereocenters. The van der Waals surface area contributed by atoms with Gasteiger partial charge in [-0.25, -0.2) is 8.42 Å². The normalized spacial score (nSPS) is 22.3. The Hall–Kier alpha value is -2.78. The van der Waals surface area contributed by atoms with E-state index in [2.05, 4.69) is 10.0 Å². The number of rotatable bonds is 3. The molecule has 0 aliphatic carbocycles. The molecule has 31 heavy (non-hydrogen) atoms. The summed E-state index contributed by atoms with van der Waals surface area (Å²) in [7, 11) is -3.53. The van der Waals surface area contributed by atoms with Crippen molar-refractivity contribution < 1.29 is 22.7 Å². The fraction of sp³-hybridized carbons (Fsp3) is 0.409. The first-order valence-electron chi connectivity index (χ1n) is 10.5. The van der Waals surface area contributed by atoms with Crippen molar-refractivity contribution in [1.82, 2.24) is 9.62 Å². The Bertz CT molecular complexity index is 1100. The van der Waals surface area contributed by atoms with Gasteiger partial charge >= 0.3 is 0 Å². The number of nitrogens with one attached hydrogen (secondary N) is 2. The van der Waals surface area contributed by atoms with Gasteiger partial charge in [-0.3, -0.25) is 4.79 Å². The van der Waals surface area contributed by atoms with Crippen molar-refractivity contribution in [2.45, 2.75) is 30.3 Å². The number of ether oxygens (including phenoxy) is 2. The molecule has 0 aromatic heterocycles. The highest BCUT2D eigenvalue weighted by Gasteiger charge is 2.35. The van der Waals surface area contributed by atoms with Crippen LogP contribution in [0.4, 0.5) is 5.69 Å². The van der Waals surface area contributed by atoms with Gasteiger partial charge < -0.3 is 19.7 Å². The fourth-order valence-corrected chi connectivity index (χ4v) is 5.82. The van der Waals surface area contributed by atoms with Gasteiger partial charge in [0, 0.05) is 13.1 Å². The van der Waals surface area contributed by atoms with Crippen LogP contribution < -0.4 is 19.5 Å². The molecule has 3 aliphatic rings. The molecule has 2 aromatic rings. The summed E-state index contributed by atoms with van der Waals surface area (Å²) in [5, 5.41) is 3.32. The summed E-state index contributed by atoms with van der Waals surface area (Å²) in [5.41, 5.74) is 1.53. The Balaban J connectivity index is 1.19. The Kier molecular flexibility index (Phi) is 5.23. The molecule has 3 aliphatic heterocycles. The lowest BCUT2D eigenvalue weighted by Gasteiger charge is -2.39. The van der Waals surface area contributed by atoms with Crippen LogP contribution in [0.1, 0.15) is 18.4 Å². The molecular formula is C22H25N3O5S. The first kappa shape index (κ1) is 20.1. The molecule has 0 bridgehead atoms. The maximum atomic E-state index is 12.8. The third-order valence-corrected chi connectivity index (χ3v) is 7.59. The predicted octanol–water partition coefficient (Wildman–Crippen LogP) is 1.97. The molecule has 164 valence electrons. The van der Waals surface area contributed by atoms with Crippen molar-refractivity contribution >= 4 is 21.6 Å². The highest BCUT2D eigenvalue weighted by molar-refractivity contribution is 7.89. The number of hydrogen-bond acceptors (Lipinski definition) is 6. The molecular weight excluding hydrogens is 418 g/mol. The van der Waals surface area contributed by atoms with E-state index in [4.69, 9.17) is 9.47 Å². The quantitative estimate of drug-likeness (QED) is 0.753. The second kappa shape index (κ2) is 8.05. The van der Waals surface area contributed by atoms with E-state index in [9.17, 15) is 13.2 Å². The Morgan fingerprint density at radius 1 is 1.03 bits per heavy atom. The minimum Gasteiger partial charge on any atom is -0.486 e. The Morgan fingerprint density at radius 3 is 2.58 bits per heavy atom. The first-order chi connectivity index (χ1) is 15.0. The fourth-order valence-electron chi connectivity index (χ4n) is 4.43. The molecule has 1 amide bonds. The van der Waals surface area contributed by atoms with E-state index in [0.29, 0.717) is 49.9 Å². The molecule has 8 nitrogen and oxygen atoms in total. The molecule has 1 saturated heterocycles. The van der Waals surface area contributed by atoms with E-state index in [1.54, 1.807) is 18.2 Å². The van der Waals surface area contributed by atoms with E-state index in [1.807, 2.05) is 29.2 Å². The number of hydrogen-bond donors (Lipinski definition) is 2. The van der Waals surface area contributed by atoms with Gasteiger partial charge in [-0.15, -0.1) is 0 Å². The van der Waals surface area contributed by atoms with Crippen LogP contribution in [0.5, 0.6) is 11.5 Å². The summed E-state index contributed by atoms with van der Waals surface area (Å²) in [6.07, 6.45) is 1.41. The summed E-state index contributed by atoms with van der Waals surface area (Å²) in [5.74, 6) is 1.58. The zero-order valence-corrected chi connectivity index (χ0v) is 17.9. The van der Waals surface area contributed by atoms with Gasteiger partial charge in [0.05, 0.1) is 18.3 Å². The lowest BCUT2D eigenvalue weighted by atomic mass is 9.93. The first-order valence-corrected chi connectivity index (χ1v) is 12.0. The molecule has 0 spiro atoms. The minimum atomic E-state index is -3.53. The highest BCUT2D eigenvalue weighted by Crippen LogP contribution is 2.32. The van der Waals surface area contributed by atoms with Gasteiger partial charge in [-0.05, 0) is 48.6 Å². The summed E-state index contributed by atoms with van der Waals surface area (Å²) in [4.78, 5) is 14.9. The number of carbonyl (C=O) groups is 1. The van der Waals surface area contributed by atoms with Crippen LogP contribution in [0.15, 0.2) is 47.4 Å². The maximum Gasteiger partial charge on any atom is 0.244 e. The molecule has 0 saturated carbocycles. The van der Waals surface area contributed by atoms with E-state index in [0.717, 1.165) is 18.4 Å². The monoisotopic (exact) mass is 443 g/mol. The van der Waals surface area contributed by atoms with Crippen molar-refractivity contribution in [1.29, 1.82) is 0 Å².